The Morgan fingerprint density at radius 1 is 1.38 bits per heavy atom. The first kappa shape index (κ1) is 5.79. The molecular weight excluding hydrogens is 104 g/mol. The maximum absolute atomic E-state index is 5.09. The molecule has 1 aliphatic rings. The molecule has 0 aromatic carbocycles. The third-order valence-electron chi connectivity index (χ3n) is 1.05. The van der Waals surface area contributed by atoms with Gasteiger partial charge in [-0.3, -0.25) is 0 Å². The minimum Gasteiger partial charge on any atom is -0.349 e. The van der Waals surface area contributed by atoms with Gasteiger partial charge in [-0.1, -0.05) is 6.58 Å². The molecule has 1 saturated heterocycles. The van der Waals surface area contributed by atoms with Crippen LogP contribution in [0.1, 0.15) is 6.42 Å². The van der Waals surface area contributed by atoms with Gasteiger partial charge in [0.1, 0.15) is 0 Å². The fourth-order valence-corrected chi connectivity index (χ4v) is 0.642. The van der Waals surface area contributed by atoms with Gasteiger partial charge in [-0.2, -0.15) is 0 Å². The van der Waals surface area contributed by atoms with Gasteiger partial charge in [-0.15, -0.1) is 0 Å². The summed E-state index contributed by atoms with van der Waals surface area (Å²) in [7, 11) is 0. The zero-order valence-electron chi connectivity index (χ0n) is 4.80. The predicted octanol–water partition coefficient (Wildman–Crippen LogP) is 0.935. The van der Waals surface area contributed by atoms with Crippen LogP contribution in [-0.4, -0.2) is 19.5 Å². The van der Waals surface area contributed by atoms with Crippen LogP contribution in [0.5, 0.6) is 0 Å². The zero-order valence-corrected chi connectivity index (χ0v) is 4.80. The molecule has 1 fully saturated rings. The molecule has 46 valence electrons. The van der Waals surface area contributed by atoms with Gasteiger partial charge < -0.3 is 9.47 Å². The molecule has 0 bridgehead atoms. The van der Waals surface area contributed by atoms with Crippen molar-refractivity contribution >= 4 is 0 Å². The zero-order chi connectivity index (χ0) is 5.82. The summed E-state index contributed by atoms with van der Waals surface area (Å²) in [5.74, 6) is 0. The summed E-state index contributed by atoms with van der Waals surface area (Å²) in [6, 6.07) is 0. The van der Waals surface area contributed by atoms with E-state index in [9.17, 15) is 0 Å². The van der Waals surface area contributed by atoms with Gasteiger partial charge in [-0.25, -0.2) is 0 Å². The molecule has 0 saturated carbocycles. The van der Waals surface area contributed by atoms with Gasteiger partial charge >= 0.3 is 0 Å². The third-order valence-corrected chi connectivity index (χ3v) is 1.05. The molecule has 0 aromatic rings. The SMILES string of the molecule is C=CC1OCCCO1. The van der Waals surface area contributed by atoms with Crippen LogP contribution in [0.4, 0.5) is 0 Å². The molecule has 1 aliphatic heterocycles. The second-order valence-electron chi connectivity index (χ2n) is 1.70. The Bertz CT molecular complexity index is 74.6. The highest BCUT2D eigenvalue weighted by molar-refractivity contribution is 4.73. The number of rotatable bonds is 1. The largest absolute Gasteiger partial charge is 0.349 e. The van der Waals surface area contributed by atoms with Gasteiger partial charge in [0.15, 0.2) is 6.29 Å². The van der Waals surface area contributed by atoms with Crippen molar-refractivity contribution < 1.29 is 9.47 Å². The standard InChI is InChI=1S/C6H10O2/c1-2-6-7-4-3-5-8-6/h2,6H,1,3-5H2. The van der Waals surface area contributed by atoms with E-state index in [0.29, 0.717) is 0 Å². The van der Waals surface area contributed by atoms with Crippen molar-refractivity contribution in [2.45, 2.75) is 12.7 Å². The lowest BCUT2D eigenvalue weighted by molar-refractivity contribution is -0.149. The molecule has 2 heteroatoms. The van der Waals surface area contributed by atoms with Crippen LogP contribution in [0.15, 0.2) is 12.7 Å². The van der Waals surface area contributed by atoms with E-state index in [2.05, 4.69) is 6.58 Å². The van der Waals surface area contributed by atoms with Crippen LogP contribution in [-0.2, 0) is 9.47 Å². The van der Waals surface area contributed by atoms with Crippen LogP contribution in [0.25, 0.3) is 0 Å². The molecule has 0 radical (unpaired) electrons. The molecule has 0 atom stereocenters. The van der Waals surface area contributed by atoms with E-state index in [1.807, 2.05) is 0 Å². The second kappa shape index (κ2) is 2.84. The maximum Gasteiger partial charge on any atom is 0.176 e. The van der Waals surface area contributed by atoms with Gasteiger partial charge in [0.2, 0.25) is 0 Å². The van der Waals surface area contributed by atoms with Gasteiger partial charge in [0, 0.05) is 0 Å². The van der Waals surface area contributed by atoms with Crippen molar-refractivity contribution in [3.05, 3.63) is 12.7 Å². The molecule has 8 heavy (non-hydrogen) atoms. The lowest BCUT2D eigenvalue weighted by Crippen LogP contribution is -2.22. The fraction of sp³-hybridized carbons (Fsp3) is 0.667. The summed E-state index contributed by atoms with van der Waals surface area (Å²) in [5.41, 5.74) is 0. The summed E-state index contributed by atoms with van der Waals surface area (Å²) in [5, 5.41) is 0. The first-order chi connectivity index (χ1) is 3.93. The molecule has 0 amide bonds. The molecular formula is C6H10O2. The van der Waals surface area contributed by atoms with Crippen molar-refractivity contribution in [1.29, 1.82) is 0 Å². The Kier molecular flexibility index (Phi) is 2.06. The molecule has 0 N–H and O–H groups in total. The van der Waals surface area contributed by atoms with Crippen LogP contribution in [0.3, 0.4) is 0 Å². The summed E-state index contributed by atoms with van der Waals surface area (Å²) in [6.45, 7) is 5.14. The highest BCUT2D eigenvalue weighted by atomic mass is 16.7. The Labute approximate surface area is 49.1 Å². The third kappa shape index (κ3) is 1.32. The van der Waals surface area contributed by atoms with Gasteiger partial charge in [0.05, 0.1) is 13.2 Å². The van der Waals surface area contributed by atoms with Crippen molar-refractivity contribution in [3.63, 3.8) is 0 Å². The quantitative estimate of drug-likeness (QED) is 0.472. The number of ether oxygens (including phenoxy) is 2. The molecule has 0 aromatic heterocycles. The normalized spacial score (nSPS) is 23.0. The van der Waals surface area contributed by atoms with Gasteiger partial charge in [-0.05, 0) is 12.5 Å². The monoisotopic (exact) mass is 114 g/mol. The number of hydrogen-bond donors (Lipinski definition) is 0. The lowest BCUT2D eigenvalue weighted by atomic mass is 10.4. The molecule has 0 spiro atoms. The Hall–Kier alpha value is -0.340. The van der Waals surface area contributed by atoms with Crippen LogP contribution in [0.2, 0.25) is 0 Å². The van der Waals surface area contributed by atoms with Crippen molar-refractivity contribution in [2.75, 3.05) is 13.2 Å². The summed E-state index contributed by atoms with van der Waals surface area (Å²) >= 11 is 0. The minimum absolute atomic E-state index is 0.149. The topological polar surface area (TPSA) is 18.5 Å². The van der Waals surface area contributed by atoms with E-state index in [1.54, 1.807) is 6.08 Å². The highest BCUT2D eigenvalue weighted by Crippen LogP contribution is 2.03. The lowest BCUT2D eigenvalue weighted by Gasteiger charge is -2.19. The predicted molar refractivity (Wildman–Crippen MR) is 30.5 cm³/mol. The van der Waals surface area contributed by atoms with Crippen LogP contribution in [0, 0.1) is 0 Å². The van der Waals surface area contributed by atoms with Crippen LogP contribution < -0.4 is 0 Å². The second-order valence-corrected chi connectivity index (χ2v) is 1.70. The maximum atomic E-state index is 5.09. The highest BCUT2D eigenvalue weighted by Gasteiger charge is 2.07. The first-order valence-corrected chi connectivity index (χ1v) is 2.79. The molecule has 0 unspecified atom stereocenters. The summed E-state index contributed by atoms with van der Waals surface area (Å²) < 4.78 is 10.2. The fourth-order valence-electron chi connectivity index (χ4n) is 0.642. The smallest absolute Gasteiger partial charge is 0.176 e. The first-order valence-electron chi connectivity index (χ1n) is 2.79. The van der Waals surface area contributed by atoms with Crippen molar-refractivity contribution in [1.82, 2.24) is 0 Å². The molecule has 1 heterocycles. The summed E-state index contributed by atoms with van der Waals surface area (Å²) in [6.07, 6.45) is 2.52. The summed E-state index contributed by atoms with van der Waals surface area (Å²) in [4.78, 5) is 0. The Morgan fingerprint density at radius 2 is 2.00 bits per heavy atom. The van der Waals surface area contributed by atoms with E-state index in [-0.39, 0.29) is 6.29 Å². The van der Waals surface area contributed by atoms with Crippen molar-refractivity contribution in [3.8, 4) is 0 Å². The molecule has 1 rings (SSSR count). The van der Waals surface area contributed by atoms with Crippen LogP contribution >= 0.6 is 0 Å². The Morgan fingerprint density at radius 3 is 2.38 bits per heavy atom. The molecule has 0 aliphatic carbocycles. The van der Waals surface area contributed by atoms with E-state index in [1.165, 1.54) is 0 Å². The van der Waals surface area contributed by atoms with E-state index in [4.69, 9.17) is 9.47 Å². The van der Waals surface area contributed by atoms with E-state index < -0.39 is 0 Å². The van der Waals surface area contributed by atoms with Gasteiger partial charge in [0.25, 0.3) is 0 Å². The van der Waals surface area contributed by atoms with Crippen molar-refractivity contribution in [2.24, 2.45) is 0 Å². The minimum atomic E-state index is -0.149. The average molecular weight is 114 g/mol. The average Bonchev–Trinajstić information content (AvgIpc) is 1.90. The number of hydrogen-bond acceptors (Lipinski definition) is 2. The Balaban J connectivity index is 2.22. The van der Waals surface area contributed by atoms with E-state index >= 15 is 0 Å². The van der Waals surface area contributed by atoms with E-state index in [0.717, 1.165) is 19.6 Å². The molecule has 2 nitrogen and oxygen atoms in total.